The number of aliphatic hydroxyl groups excluding tert-OH is 1. The number of rotatable bonds is 6. The zero-order chi connectivity index (χ0) is 10.5. The largest absolute Gasteiger partial charge is 0.396 e. The molecule has 0 spiro atoms. The van der Waals surface area contributed by atoms with Crippen LogP contribution in [0.2, 0.25) is 0 Å². The summed E-state index contributed by atoms with van der Waals surface area (Å²) in [6.07, 6.45) is 0.718. The molecule has 0 heterocycles. The lowest BCUT2D eigenvalue weighted by Gasteiger charge is -2.12. The minimum atomic E-state index is -4.49. The van der Waals surface area contributed by atoms with E-state index in [9.17, 15) is 17.2 Å². The van der Waals surface area contributed by atoms with Crippen molar-refractivity contribution in [3.05, 3.63) is 0 Å². The van der Waals surface area contributed by atoms with E-state index in [1.807, 2.05) is 0 Å². The quantitative estimate of drug-likeness (QED) is 0.672. The molecule has 7 heteroatoms. The number of alkyl halides is 2. The summed E-state index contributed by atoms with van der Waals surface area (Å²) in [6, 6.07) is -0.578. The zero-order valence-corrected chi connectivity index (χ0v) is 8.02. The van der Waals surface area contributed by atoms with Gasteiger partial charge in [0, 0.05) is 12.6 Å². The first-order chi connectivity index (χ1) is 5.90. The Labute approximate surface area is 76.0 Å². The molecule has 0 saturated carbocycles. The van der Waals surface area contributed by atoms with E-state index in [0.29, 0.717) is 12.8 Å². The number of sulfonamides is 1. The number of aliphatic hydroxyl groups is 1. The molecule has 0 saturated heterocycles. The average Bonchev–Trinajstić information content (AvgIpc) is 1.99. The van der Waals surface area contributed by atoms with Gasteiger partial charge in [-0.15, -0.1) is 0 Å². The molecule has 0 radical (unpaired) electrons. The van der Waals surface area contributed by atoms with Crippen molar-refractivity contribution in [2.24, 2.45) is 0 Å². The maximum Gasteiger partial charge on any atom is 0.350 e. The first kappa shape index (κ1) is 12.7. The van der Waals surface area contributed by atoms with E-state index in [1.54, 1.807) is 4.72 Å². The van der Waals surface area contributed by atoms with Gasteiger partial charge in [-0.05, 0) is 19.8 Å². The number of halogens is 2. The first-order valence-electron chi connectivity index (χ1n) is 3.80. The molecule has 0 fully saturated rings. The van der Waals surface area contributed by atoms with Gasteiger partial charge in [-0.2, -0.15) is 8.78 Å². The Morgan fingerprint density at radius 1 is 1.46 bits per heavy atom. The Balaban J connectivity index is 3.98. The summed E-state index contributed by atoms with van der Waals surface area (Å²) in [5.74, 6) is -3.40. The summed E-state index contributed by atoms with van der Waals surface area (Å²) in [7, 11) is -4.49. The van der Waals surface area contributed by atoms with Gasteiger partial charge in [0.1, 0.15) is 0 Å². The van der Waals surface area contributed by atoms with Crippen molar-refractivity contribution in [3.63, 3.8) is 0 Å². The predicted octanol–water partition coefficient (Wildman–Crippen LogP) is 0.289. The van der Waals surface area contributed by atoms with Crippen LogP contribution in [0.1, 0.15) is 19.8 Å². The second kappa shape index (κ2) is 5.46. The third kappa shape index (κ3) is 5.12. The van der Waals surface area contributed by atoms with Crippen LogP contribution in [0.25, 0.3) is 0 Å². The molecule has 0 rings (SSSR count). The molecule has 1 atom stereocenters. The molecule has 4 nitrogen and oxygen atoms in total. The summed E-state index contributed by atoms with van der Waals surface area (Å²) in [6.45, 7) is 1.39. The Morgan fingerprint density at radius 3 is 2.38 bits per heavy atom. The Kier molecular flexibility index (Phi) is 5.34. The van der Waals surface area contributed by atoms with Crippen LogP contribution in [0.15, 0.2) is 0 Å². The van der Waals surface area contributed by atoms with Crippen LogP contribution in [-0.2, 0) is 10.0 Å². The highest BCUT2D eigenvalue weighted by atomic mass is 32.2. The fourth-order valence-electron chi connectivity index (χ4n) is 0.788. The molecule has 1 unspecified atom stereocenters. The standard InChI is InChI=1S/C6H13F2NO3S/c1-5(3-2-4-10)9-13(11,12)6(7)8/h5-6,9-10H,2-4H2,1H3. The van der Waals surface area contributed by atoms with Crippen molar-refractivity contribution in [3.8, 4) is 0 Å². The normalized spacial score (nSPS) is 14.8. The molecule has 13 heavy (non-hydrogen) atoms. The van der Waals surface area contributed by atoms with Gasteiger partial charge in [-0.25, -0.2) is 13.1 Å². The SMILES string of the molecule is CC(CCCO)NS(=O)(=O)C(F)F. The second-order valence-corrected chi connectivity index (χ2v) is 4.37. The number of nitrogens with one attached hydrogen (secondary N) is 1. The van der Waals surface area contributed by atoms with Crippen LogP contribution in [-0.4, -0.2) is 31.9 Å². The van der Waals surface area contributed by atoms with Crippen molar-refractivity contribution < 1.29 is 22.3 Å². The minimum absolute atomic E-state index is 0.0826. The van der Waals surface area contributed by atoms with Gasteiger partial charge in [-0.3, -0.25) is 0 Å². The third-order valence-electron chi connectivity index (χ3n) is 1.40. The smallest absolute Gasteiger partial charge is 0.350 e. The molecule has 80 valence electrons. The summed E-state index contributed by atoms with van der Waals surface area (Å²) in [5, 5.41) is 8.40. The van der Waals surface area contributed by atoms with Crippen molar-refractivity contribution in [1.29, 1.82) is 0 Å². The lowest BCUT2D eigenvalue weighted by Crippen LogP contribution is -2.36. The fraction of sp³-hybridized carbons (Fsp3) is 1.00. The van der Waals surface area contributed by atoms with E-state index < -0.39 is 21.8 Å². The summed E-state index contributed by atoms with van der Waals surface area (Å²) in [4.78, 5) is 0. The Bertz CT molecular complexity index is 230. The van der Waals surface area contributed by atoms with Gasteiger partial charge in [0.25, 0.3) is 10.0 Å². The molecule has 0 aromatic carbocycles. The number of hydrogen-bond donors (Lipinski definition) is 2. The molecule has 0 aromatic rings. The van der Waals surface area contributed by atoms with Crippen molar-refractivity contribution in [2.75, 3.05) is 6.61 Å². The van der Waals surface area contributed by atoms with Crippen LogP contribution in [0.3, 0.4) is 0 Å². The molecule has 0 aliphatic carbocycles. The highest BCUT2D eigenvalue weighted by Crippen LogP contribution is 2.05. The van der Waals surface area contributed by atoms with Crippen LogP contribution < -0.4 is 4.72 Å². The summed E-state index contributed by atoms with van der Waals surface area (Å²) >= 11 is 0. The molecule has 0 bridgehead atoms. The maximum absolute atomic E-state index is 11.8. The van der Waals surface area contributed by atoms with Crippen LogP contribution >= 0.6 is 0 Å². The van der Waals surface area contributed by atoms with Crippen molar-refractivity contribution in [2.45, 2.75) is 31.6 Å². The molecule has 2 N–H and O–H groups in total. The van der Waals surface area contributed by atoms with Crippen LogP contribution in [0, 0.1) is 0 Å². The lowest BCUT2D eigenvalue weighted by molar-refractivity contribution is 0.230. The van der Waals surface area contributed by atoms with Gasteiger partial charge in [0.05, 0.1) is 0 Å². The number of hydrogen-bond acceptors (Lipinski definition) is 3. The van der Waals surface area contributed by atoms with Crippen LogP contribution in [0.4, 0.5) is 8.78 Å². The van der Waals surface area contributed by atoms with E-state index in [-0.39, 0.29) is 6.61 Å². The monoisotopic (exact) mass is 217 g/mol. The Morgan fingerprint density at radius 2 is 2.00 bits per heavy atom. The molecular formula is C6H13F2NO3S. The highest BCUT2D eigenvalue weighted by Gasteiger charge is 2.25. The third-order valence-corrected chi connectivity index (χ3v) is 2.60. The minimum Gasteiger partial charge on any atom is -0.396 e. The molecule has 0 amide bonds. The maximum atomic E-state index is 11.8. The van der Waals surface area contributed by atoms with E-state index in [4.69, 9.17) is 5.11 Å². The molecule has 0 aliphatic heterocycles. The van der Waals surface area contributed by atoms with E-state index >= 15 is 0 Å². The zero-order valence-electron chi connectivity index (χ0n) is 7.20. The molecular weight excluding hydrogens is 204 g/mol. The first-order valence-corrected chi connectivity index (χ1v) is 5.35. The van der Waals surface area contributed by atoms with Gasteiger partial charge in [0.15, 0.2) is 0 Å². The molecule has 0 aromatic heterocycles. The average molecular weight is 217 g/mol. The van der Waals surface area contributed by atoms with E-state index in [1.165, 1.54) is 6.92 Å². The summed E-state index contributed by atoms with van der Waals surface area (Å²) < 4.78 is 46.6. The topological polar surface area (TPSA) is 66.4 Å². The highest BCUT2D eigenvalue weighted by molar-refractivity contribution is 7.89. The van der Waals surface area contributed by atoms with Crippen LogP contribution in [0.5, 0.6) is 0 Å². The van der Waals surface area contributed by atoms with Crippen molar-refractivity contribution >= 4 is 10.0 Å². The fourth-order valence-corrected chi connectivity index (χ4v) is 1.57. The van der Waals surface area contributed by atoms with Gasteiger partial charge < -0.3 is 5.11 Å². The molecule has 0 aliphatic rings. The van der Waals surface area contributed by atoms with E-state index in [0.717, 1.165) is 0 Å². The predicted molar refractivity (Wildman–Crippen MR) is 43.8 cm³/mol. The van der Waals surface area contributed by atoms with Gasteiger partial charge in [-0.1, -0.05) is 0 Å². The second-order valence-electron chi connectivity index (χ2n) is 2.69. The lowest BCUT2D eigenvalue weighted by atomic mass is 10.2. The van der Waals surface area contributed by atoms with Gasteiger partial charge >= 0.3 is 5.76 Å². The van der Waals surface area contributed by atoms with Gasteiger partial charge in [0.2, 0.25) is 0 Å². The summed E-state index contributed by atoms with van der Waals surface area (Å²) in [5.41, 5.74) is 0. The Hall–Kier alpha value is -0.270. The van der Waals surface area contributed by atoms with E-state index in [2.05, 4.69) is 0 Å². The van der Waals surface area contributed by atoms with Crippen molar-refractivity contribution in [1.82, 2.24) is 4.72 Å².